The summed E-state index contributed by atoms with van der Waals surface area (Å²) < 4.78 is 0. The summed E-state index contributed by atoms with van der Waals surface area (Å²) in [6.45, 7) is 0.703. The molecule has 3 N–H and O–H groups in total. The number of nitrogens with two attached hydrogens (primary N) is 1. The highest BCUT2D eigenvalue weighted by Crippen LogP contribution is 2.13. The van der Waals surface area contributed by atoms with Gasteiger partial charge in [0.25, 0.3) is 0 Å². The van der Waals surface area contributed by atoms with Gasteiger partial charge in [0.2, 0.25) is 0 Å². The van der Waals surface area contributed by atoms with Crippen molar-refractivity contribution in [2.24, 2.45) is 5.73 Å². The van der Waals surface area contributed by atoms with Crippen LogP contribution in [0.3, 0.4) is 0 Å². The minimum absolute atomic E-state index is 0.641. The molecule has 0 aromatic heterocycles. The Hall–Kier alpha value is -2.71. The van der Waals surface area contributed by atoms with Crippen molar-refractivity contribution >= 4 is 17.9 Å². The molecular weight excluding hydrogens is 316 g/mol. The van der Waals surface area contributed by atoms with Gasteiger partial charge < -0.3 is 11.1 Å². The van der Waals surface area contributed by atoms with E-state index in [1.54, 1.807) is 0 Å². The fraction of sp³-hybridized carbons (Fsp3) is 0.208. The van der Waals surface area contributed by atoms with E-state index in [1.165, 1.54) is 5.56 Å². The molecule has 0 unspecified atom stereocenters. The Morgan fingerprint density at radius 2 is 1.46 bits per heavy atom. The Balaban J connectivity index is 2.00. The standard InChI is InChI=1S/C24H28N2/c25-20-8-7-17-23(18-9-15-21-11-3-1-4-12-21)24(26)19-10-16-22-13-5-2-6-14-22/h1-6,9-16,18,26H,7-8,17,19-20,25H2. The second-order valence-electron chi connectivity index (χ2n) is 6.20. The SMILES string of the molecule is N=C(CC=Cc1ccccc1)C(=CC=Cc1ccccc1)CCCCN. The van der Waals surface area contributed by atoms with Gasteiger partial charge in [0, 0.05) is 12.1 Å². The summed E-state index contributed by atoms with van der Waals surface area (Å²) in [6.07, 6.45) is 13.9. The number of allylic oxidation sites excluding steroid dienone is 4. The Kier molecular flexibility index (Phi) is 8.88. The van der Waals surface area contributed by atoms with Crippen molar-refractivity contribution < 1.29 is 0 Å². The summed E-state index contributed by atoms with van der Waals surface area (Å²) in [4.78, 5) is 0. The second kappa shape index (κ2) is 11.8. The van der Waals surface area contributed by atoms with E-state index in [4.69, 9.17) is 11.1 Å². The van der Waals surface area contributed by atoms with Crippen LogP contribution in [-0.2, 0) is 0 Å². The van der Waals surface area contributed by atoms with Crippen LogP contribution in [0.4, 0.5) is 0 Å². The molecule has 0 spiro atoms. The summed E-state index contributed by atoms with van der Waals surface area (Å²) in [6, 6.07) is 20.4. The molecule has 134 valence electrons. The average molecular weight is 345 g/mol. The van der Waals surface area contributed by atoms with Gasteiger partial charge in [0.1, 0.15) is 0 Å². The van der Waals surface area contributed by atoms with Gasteiger partial charge in [0.05, 0.1) is 0 Å². The molecule has 2 nitrogen and oxygen atoms in total. The topological polar surface area (TPSA) is 49.9 Å². The van der Waals surface area contributed by atoms with Crippen LogP contribution in [0.25, 0.3) is 12.2 Å². The predicted molar refractivity (Wildman–Crippen MR) is 114 cm³/mol. The van der Waals surface area contributed by atoms with Crippen LogP contribution in [-0.4, -0.2) is 12.3 Å². The van der Waals surface area contributed by atoms with E-state index in [1.807, 2.05) is 42.5 Å². The summed E-state index contributed by atoms with van der Waals surface area (Å²) >= 11 is 0. The highest BCUT2D eigenvalue weighted by molar-refractivity contribution is 5.99. The monoisotopic (exact) mass is 344 g/mol. The van der Waals surface area contributed by atoms with E-state index in [0.29, 0.717) is 18.7 Å². The molecule has 0 aliphatic carbocycles. The lowest BCUT2D eigenvalue weighted by molar-refractivity contribution is 0.749. The van der Waals surface area contributed by atoms with Crippen LogP contribution in [0.2, 0.25) is 0 Å². The van der Waals surface area contributed by atoms with Gasteiger partial charge in [-0.3, -0.25) is 0 Å². The van der Waals surface area contributed by atoms with Crippen LogP contribution in [0.5, 0.6) is 0 Å². The minimum atomic E-state index is 0.641. The molecule has 0 heterocycles. The molecule has 2 heteroatoms. The number of nitrogens with one attached hydrogen (secondary N) is 1. The maximum atomic E-state index is 8.45. The van der Waals surface area contributed by atoms with Gasteiger partial charge in [0.15, 0.2) is 0 Å². The maximum Gasteiger partial charge on any atom is 0.0383 e. The van der Waals surface area contributed by atoms with Crippen LogP contribution < -0.4 is 5.73 Å². The smallest absolute Gasteiger partial charge is 0.0383 e. The number of hydrogen-bond donors (Lipinski definition) is 2. The highest BCUT2D eigenvalue weighted by atomic mass is 14.5. The largest absolute Gasteiger partial charge is 0.330 e. The van der Waals surface area contributed by atoms with Gasteiger partial charge in [-0.1, -0.05) is 91.0 Å². The third-order valence-electron chi connectivity index (χ3n) is 4.11. The zero-order chi connectivity index (χ0) is 18.5. The molecular formula is C24H28N2. The van der Waals surface area contributed by atoms with Crippen LogP contribution >= 0.6 is 0 Å². The molecule has 2 rings (SSSR count). The van der Waals surface area contributed by atoms with Crippen molar-refractivity contribution in [2.75, 3.05) is 6.54 Å². The van der Waals surface area contributed by atoms with E-state index in [0.717, 1.165) is 30.4 Å². The van der Waals surface area contributed by atoms with E-state index in [2.05, 4.69) is 48.6 Å². The molecule has 0 bridgehead atoms. The first-order valence-corrected chi connectivity index (χ1v) is 9.21. The molecule has 26 heavy (non-hydrogen) atoms. The van der Waals surface area contributed by atoms with E-state index in [9.17, 15) is 0 Å². The lowest BCUT2D eigenvalue weighted by atomic mass is 10.00. The van der Waals surface area contributed by atoms with Gasteiger partial charge >= 0.3 is 0 Å². The third kappa shape index (κ3) is 7.45. The van der Waals surface area contributed by atoms with Gasteiger partial charge in [-0.25, -0.2) is 0 Å². The Bertz CT molecular complexity index is 740. The van der Waals surface area contributed by atoms with Crippen LogP contribution in [0.15, 0.2) is 84.5 Å². The Morgan fingerprint density at radius 3 is 2.08 bits per heavy atom. The average Bonchev–Trinajstić information content (AvgIpc) is 2.68. The van der Waals surface area contributed by atoms with Crippen molar-refractivity contribution in [3.05, 3.63) is 95.6 Å². The minimum Gasteiger partial charge on any atom is -0.330 e. The fourth-order valence-corrected chi connectivity index (χ4v) is 2.64. The predicted octanol–water partition coefficient (Wildman–Crippen LogP) is 5.88. The van der Waals surface area contributed by atoms with Crippen LogP contribution in [0, 0.1) is 5.41 Å². The third-order valence-corrected chi connectivity index (χ3v) is 4.11. The van der Waals surface area contributed by atoms with Crippen molar-refractivity contribution in [1.29, 1.82) is 5.41 Å². The Labute approximate surface area is 157 Å². The molecule has 0 saturated carbocycles. The molecule has 2 aromatic carbocycles. The Morgan fingerprint density at radius 1 is 0.846 bits per heavy atom. The number of rotatable bonds is 10. The van der Waals surface area contributed by atoms with Crippen molar-refractivity contribution in [3.63, 3.8) is 0 Å². The van der Waals surface area contributed by atoms with Gasteiger partial charge in [-0.05, 0) is 42.5 Å². The fourth-order valence-electron chi connectivity index (χ4n) is 2.64. The normalized spacial score (nSPS) is 12.1. The van der Waals surface area contributed by atoms with Crippen molar-refractivity contribution in [2.45, 2.75) is 25.7 Å². The van der Waals surface area contributed by atoms with E-state index >= 15 is 0 Å². The first-order chi connectivity index (χ1) is 12.8. The summed E-state index contributed by atoms with van der Waals surface area (Å²) in [5.74, 6) is 0. The summed E-state index contributed by atoms with van der Waals surface area (Å²) in [7, 11) is 0. The number of hydrogen-bond acceptors (Lipinski definition) is 2. The zero-order valence-corrected chi connectivity index (χ0v) is 15.3. The molecule has 2 aromatic rings. The maximum absolute atomic E-state index is 8.45. The first-order valence-electron chi connectivity index (χ1n) is 9.21. The molecule has 0 atom stereocenters. The molecule has 0 fully saturated rings. The molecule has 0 aliphatic rings. The number of benzene rings is 2. The van der Waals surface area contributed by atoms with Gasteiger partial charge in [-0.2, -0.15) is 0 Å². The molecule has 0 radical (unpaired) electrons. The lowest BCUT2D eigenvalue weighted by Gasteiger charge is -2.07. The molecule has 0 saturated heterocycles. The zero-order valence-electron chi connectivity index (χ0n) is 15.3. The van der Waals surface area contributed by atoms with E-state index in [-0.39, 0.29) is 0 Å². The summed E-state index contributed by atoms with van der Waals surface area (Å²) in [5.41, 5.74) is 9.70. The second-order valence-corrected chi connectivity index (χ2v) is 6.20. The lowest BCUT2D eigenvalue weighted by Crippen LogP contribution is -2.03. The first kappa shape index (κ1) is 19.6. The summed E-state index contributed by atoms with van der Waals surface area (Å²) in [5, 5.41) is 8.45. The number of unbranched alkanes of at least 4 members (excludes halogenated alkanes) is 1. The molecule has 0 aliphatic heterocycles. The quantitative estimate of drug-likeness (QED) is 0.316. The molecule has 0 amide bonds. The van der Waals surface area contributed by atoms with Crippen LogP contribution in [0.1, 0.15) is 36.8 Å². The highest BCUT2D eigenvalue weighted by Gasteiger charge is 2.03. The van der Waals surface area contributed by atoms with Crippen molar-refractivity contribution in [1.82, 2.24) is 0 Å². The van der Waals surface area contributed by atoms with Gasteiger partial charge in [-0.15, -0.1) is 0 Å². The van der Waals surface area contributed by atoms with Crippen molar-refractivity contribution in [3.8, 4) is 0 Å². The van der Waals surface area contributed by atoms with E-state index < -0.39 is 0 Å².